The summed E-state index contributed by atoms with van der Waals surface area (Å²) in [6.07, 6.45) is 5.50. The van der Waals surface area contributed by atoms with E-state index in [1.54, 1.807) is 12.1 Å². The van der Waals surface area contributed by atoms with Gasteiger partial charge in [-0.3, -0.25) is 9.10 Å². The number of nitrogens with one attached hydrogen (secondary N) is 1. The van der Waals surface area contributed by atoms with Crippen molar-refractivity contribution in [3.05, 3.63) is 29.3 Å². The molecule has 1 unspecified atom stereocenters. The average molecular weight is 369 g/mol. The number of carbonyl (C=O) groups excluding carboxylic acids is 1. The summed E-state index contributed by atoms with van der Waals surface area (Å²) in [6, 6.07) is 5.42. The maximum Gasteiger partial charge on any atom is 0.240 e. The van der Waals surface area contributed by atoms with Gasteiger partial charge in [0, 0.05) is 6.54 Å². The summed E-state index contributed by atoms with van der Waals surface area (Å²) in [5, 5.41) is 2.90. The second-order valence-electron chi connectivity index (χ2n) is 6.76. The van der Waals surface area contributed by atoms with Crippen molar-refractivity contribution in [2.24, 2.45) is 5.92 Å². The van der Waals surface area contributed by atoms with Gasteiger partial charge in [-0.15, -0.1) is 0 Å². The summed E-state index contributed by atoms with van der Waals surface area (Å²) in [6.45, 7) is 8.57. The lowest BCUT2D eigenvalue weighted by atomic mass is 9.99. The van der Waals surface area contributed by atoms with Crippen LogP contribution in [0.3, 0.4) is 0 Å². The van der Waals surface area contributed by atoms with Gasteiger partial charge in [0.2, 0.25) is 15.9 Å². The molecule has 0 aliphatic carbocycles. The van der Waals surface area contributed by atoms with Crippen molar-refractivity contribution in [1.82, 2.24) is 5.32 Å². The van der Waals surface area contributed by atoms with E-state index in [0.717, 1.165) is 43.1 Å². The molecule has 0 aromatic heterocycles. The van der Waals surface area contributed by atoms with Crippen molar-refractivity contribution < 1.29 is 13.2 Å². The number of anilines is 1. The van der Waals surface area contributed by atoms with E-state index in [4.69, 9.17) is 0 Å². The van der Waals surface area contributed by atoms with Crippen molar-refractivity contribution in [3.63, 3.8) is 0 Å². The first kappa shape index (κ1) is 21.5. The third-order valence-corrected chi connectivity index (χ3v) is 5.74. The Kier molecular flexibility index (Phi) is 8.42. The van der Waals surface area contributed by atoms with Crippen LogP contribution in [0.2, 0.25) is 0 Å². The van der Waals surface area contributed by atoms with Crippen LogP contribution in [0.25, 0.3) is 0 Å². The first-order valence-corrected chi connectivity index (χ1v) is 10.9. The molecule has 0 aliphatic heterocycles. The van der Waals surface area contributed by atoms with Gasteiger partial charge in [0.15, 0.2) is 0 Å². The maximum absolute atomic E-state index is 12.3. The zero-order chi connectivity index (χ0) is 19.0. The minimum Gasteiger partial charge on any atom is -0.354 e. The number of hydrogen-bond acceptors (Lipinski definition) is 3. The van der Waals surface area contributed by atoms with Crippen molar-refractivity contribution >= 4 is 21.6 Å². The van der Waals surface area contributed by atoms with Crippen molar-refractivity contribution in [1.29, 1.82) is 0 Å². The highest BCUT2D eigenvalue weighted by atomic mass is 32.2. The van der Waals surface area contributed by atoms with Crippen molar-refractivity contribution in [2.75, 3.05) is 23.7 Å². The third kappa shape index (κ3) is 7.06. The lowest BCUT2D eigenvalue weighted by Gasteiger charge is -2.23. The molecule has 1 atom stereocenters. The highest BCUT2D eigenvalue weighted by Crippen LogP contribution is 2.21. The molecule has 0 heterocycles. The Morgan fingerprint density at radius 1 is 1.20 bits per heavy atom. The lowest BCUT2D eigenvalue weighted by Crippen LogP contribution is -2.41. The molecule has 0 aliphatic rings. The number of benzene rings is 1. The summed E-state index contributed by atoms with van der Waals surface area (Å²) in [4.78, 5) is 12.3. The van der Waals surface area contributed by atoms with E-state index in [2.05, 4.69) is 19.2 Å². The molecule has 0 radical (unpaired) electrons. The third-order valence-electron chi connectivity index (χ3n) is 4.60. The molecule has 5 nitrogen and oxygen atoms in total. The zero-order valence-corrected chi connectivity index (χ0v) is 16.9. The van der Waals surface area contributed by atoms with Crippen LogP contribution in [0.1, 0.15) is 50.7 Å². The SMILES string of the molecule is CCCCC(CC)CNC(=O)CN(c1ccc(C)c(C)c1)S(C)(=O)=O. The quantitative estimate of drug-likeness (QED) is 0.688. The molecule has 0 saturated carbocycles. The van der Waals surface area contributed by atoms with Crippen LogP contribution in [0.4, 0.5) is 5.69 Å². The standard InChI is InChI=1S/C19H32N2O3S/c1-6-8-9-17(7-2)13-20-19(22)14-21(25(5,23)24)18-11-10-15(3)16(4)12-18/h10-12,17H,6-9,13-14H2,1-5H3,(H,20,22). The van der Waals surface area contributed by atoms with Crippen LogP contribution in [-0.4, -0.2) is 33.7 Å². The van der Waals surface area contributed by atoms with Gasteiger partial charge in [0.25, 0.3) is 0 Å². The molecule has 0 fully saturated rings. The second-order valence-corrected chi connectivity index (χ2v) is 8.67. The summed E-state index contributed by atoms with van der Waals surface area (Å²) in [7, 11) is -3.53. The van der Waals surface area contributed by atoms with E-state index >= 15 is 0 Å². The number of carbonyl (C=O) groups is 1. The van der Waals surface area contributed by atoms with Gasteiger partial charge in [0.05, 0.1) is 11.9 Å². The van der Waals surface area contributed by atoms with Gasteiger partial charge in [-0.05, 0) is 49.4 Å². The first-order valence-electron chi connectivity index (χ1n) is 9.00. The molecular weight excluding hydrogens is 336 g/mol. The minimum atomic E-state index is -3.53. The smallest absolute Gasteiger partial charge is 0.240 e. The Morgan fingerprint density at radius 2 is 1.88 bits per heavy atom. The Bertz CT molecular complexity index is 671. The molecule has 1 rings (SSSR count). The number of rotatable bonds is 10. The highest BCUT2D eigenvalue weighted by molar-refractivity contribution is 7.92. The molecule has 25 heavy (non-hydrogen) atoms. The topological polar surface area (TPSA) is 66.5 Å². The first-order chi connectivity index (χ1) is 11.7. The summed E-state index contributed by atoms with van der Waals surface area (Å²) < 4.78 is 25.5. The number of hydrogen-bond donors (Lipinski definition) is 1. The predicted molar refractivity (Wildman–Crippen MR) is 104 cm³/mol. The molecule has 0 saturated heterocycles. The van der Waals surface area contributed by atoms with Crippen LogP contribution < -0.4 is 9.62 Å². The van der Waals surface area contributed by atoms with E-state index < -0.39 is 10.0 Å². The number of aryl methyl sites for hydroxylation is 2. The number of nitrogens with zero attached hydrogens (tertiary/aromatic N) is 1. The number of unbranched alkanes of at least 4 members (excludes halogenated alkanes) is 1. The molecule has 142 valence electrons. The Morgan fingerprint density at radius 3 is 2.40 bits per heavy atom. The van der Waals surface area contributed by atoms with Gasteiger partial charge >= 0.3 is 0 Å². The normalized spacial score (nSPS) is 12.7. The Hall–Kier alpha value is -1.56. The fourth-order valence-corrected chi connectivity index (χ4v) is 3.52. The summed E-state index contributed by atoms with van der Waals surface area (Å²) in [5.41, 5.74) is 2.61. The monoisotopic (exact) mass is 368 g/mol. The van der Waals surface area contributed by atoms with Crippen LogP contribution >= 0.6 is 0 Å². The number of amides is 1. The lowest BCUT2D eigenvalue weighted by molar-refractivity contribution is -0.119. The van der Waals surface area contributed by atoms with Crippen LogP contribution in [0, 0.1) is 19.8 Å². The molecule has 1 aromatic carbocycles. The van der Waals surface area contributed by atoms with Crippen molar-refractivity contribution in [3.8, 4) is 0 Å². The maximum atomic E-state index is 12.3. The van der Waals surface area contributed by atoms with E-state index in [-0.39, 0.29) is 12.5 Å². The molecule has 1 amide bonds. The molecule has 1 N–H and O–H groups in total. The number of sulfonamides is 1. The Labute approximate surface area is 152 Å². The molecular formula is C19H32N2O3S. The largest absolute Gasteiger partial charge is 0.354 e. The van der Waals surface area contributed by atoms with Gasteiger partial charge in [-0.1, -0.05) is 39.2 Å². The van der Waals surface area contributed by atoms with E-state index in [9.17, 15) is 13.2 Å². The Balaban J connectivity index is 2.79. The van der Waals surface area contributed by atoms with Crippen LogP contribution in [0.5, 0.6) is 0 Å². The second kappa shape index (κ2) is 9.80. The molecule has 1 aromatic rings. The van der Waals surface area contributed by atoms with E-state index in [1.807, 2.05) is 19.9 Å². The fourth-order valence-electron chi connectivity index (χ4n) is 2.67. The van der Waals surface area contributed by atoms with Crippen molar-refractivity contribution in [2.45, 2.75) is 53.4 Å². The predicted octanol–water partition coefficient (Wildman–Crippen LogP) is 3.40. The van der Waals surface area contributed by atoms with Crippen LogP contribution in [-0.2, 0) is 14.8 Å². The van der Waals surface area contributed by atoms with Crippen LogP contribution in [0.15, 0.2) is 18.2 Å². The minimum absolute atomic E-state index is 0.189. The van der Waals surface area contributed by atoms with Gasteiger partial charge in [0.1, 0.15) is 6.54 Å². The fraction of sp³-hybridized carbons (Fsp3) is 0.632. The van der Waals surface area contributed by atoms with E-state index in [1.165, 1.54) is 4.31 Å². The summed E-state index contributed by atoms with van der Waals surface area (Å²) >= 11 is 0. The van der Waals surface area contributed by atoms with Gasteiger partial charge < -0.3 is 5.32 Å². The van der Waals surface area contributed by atoms with Gasteiger partial charge in [-0.2, -0.15) is 0 Å². The van der Waals surface area contributed by atoms with E-state index in [0.29, 0.717) is 18.2 Å². The highest BCUT2D eigenvalue weighted by Gasteiger charge is 2.21. The zero-order valence-electron chi connectivity index (χ0n) is 16.1. The molecule has 6 heteroatoms. The average Bonchev–Trinajstić information content (AvgIpc) is 2.54. The summed E-state index contributed by atoms with van der Waals surface area (Å²) in [5.74, 6) is 0.177. The molecule has 0 spiro atoms. The molecule has 0 bridgehead atoms. The van der Waals surface area contributed by atoms with Gasteiger partial charge in [-0.25, -0.2) is 8.42 Å².